The highest BCUT2D eigenvalue weighted by atomic mass is 32.2. The Kier molecular flexibility index (Phi) is 6.84. The summed E-state index contributed by atoms with van der Waals surface area (Å²) in [5, 5.41) is 1.93. The van der Waals surface area contributed by atoms with Crippen LogP contribution in [-0.2, 0) is 0 Å². The molecule has 1 heteroatoms. The zero-order valence-electron chi connectivity index (χ0n) is 22.4. The van der Waals surface area contributed by atoms with E-state index >= 15 is 0 Å². The number of rotatable bonds is 5. The van der Waals surface area contributed by atoms with Crippen molar-refractivity contribution in [3.63, 3.8) is 0 Å². The van der Waals surface area contributed by atoms with Crippen molar-refractivity contribution in [3.8, 4) is 0 Å². The summed E-state index contributed by atoms with van der Waals surface area (Å²) in [6.07, 6.45) is 19.9. The van der Waals surface area contributed by atoms with E-state index in [2.05, 4.69) is 53.3 Å². The summed E-state index contributed by atoms with van der Waals surface area (Å²) in [5.41, 5.74) is 1.34. The fraction of sp³-hybridized carbons (Fsp3) is 1.00. The first-order chi connectivity index (χ1) is 15.2. The maximum atomic E-state index is 2.80. The van der Waals surface area contributed by atoms with Crippen LogP contribution in [0.4, 0.5) is 0 Å². The average molecular weight is 459 g/mol. The van der Waals surface area contributed by atoms with E-state index in [0.717, 1.165) is 57.8 Å². The lowest BCUT2D eigenvalue weighted by Gasteiger charge is -2.63. The second-order valence-corrected chi connectivity index (χ2v) is 16.1. The minimum absolute atomic E-state index is 0.662. The molecule has 184 valence electrons. The van der Waals surface area contributed by atoms with Crippen LogP contribution < -0.4 is 0 Å². The van der Waals surface area contributed by atoms with Crippen LogP contribution in [0.5, 0.6) is 0 Å². The van der Waals surface area contributed by atoms with Crippen molar-refractivity contribution >= 4 is 11.8 Å². The maximum Gasteiger partial charge on any atom is 0.00810 e. The van der Waals surface area contributed by atoms with Crippen LogP contribution in [0.2, 0.25) is 0 Å². The van der Waals surface area contributed by atoms with E-state index in [1.807, 2.05) is 0 Å². The van der Waals surface area contributed by atoms with Gasteiger partial charge in [0.05, 0.1) is 0 Å². The van der Waals surface area contributed by atoms with Gasteiger partial charge in [-0.15, -0.1) is 0 Å². The van der Waals surface area contributed by atoms with Crippen molar-refractivity contribution in [2.45, 2.75) is 136 Å². The Hall–Kier alpha value is 0.350. The lowest BCUT2D eigenvalue weighted by atomic mass is 9.43. The van der Waals surface area contributed by atoms with Crippen LogP contribution in [0.25, 0.3) is 0 Å². The van der Waals surface area contributed by atoms with Gasteiger partial charge in [-0.05, 0) is 122 Å². The summed E-state index contributed by atoms with van der Waals surface area (Å²) in [5.74, 6) is 8.09. The molecule has 4 saturated carbocycles. The summed E-state index contributed by atoms with van der Waals surface area (Å²) < 4.78 is 0. The van der Waals surface area contributed by atoms with Gasteiger partial charge in [0.25, 0.3) is 0 Å². The molecule has 0 radical (unpaired) electrons. The molecule has 0 bridgehead atoms. The molecule has 0 unspecified atom stereocenters. The van der Waals surface area contributed by atoms with Gasteiger partial charge in [-0.3, -0.25) is 0 Å². The van der Waals surface area contributed by atoms with Crippen molar-refractivity contribution < 1.29 is 0 Å². The van der Waals surface area contributed by atoms with E-state index < -0.39 is 0 Å². The van der Waals surface area contributed by atoms with Gasteiger partial charge in [0.2, 0.25) is 0 Å². The van der Waals surface area contributed by atoms with Crippen LogP contribution in [0, 0.1) is 58.2 Å². The van der Waals surface area contributed by atoms with Gasteiger partial charge >= 0.3 is 0 Å². The van der Waals surface area contributed by atoms with E-state index in [1.54, 1.807) is 51.4 Å². The van der Waals surface area contributed by atoms with Gasteiger partial charge in [-0.25, -0.2) is 0 Å². The summed E-state index contributed by atoms with van der Waals surface area (Å²) in [6.45, 7) is 15.5. The smallest absolute Gasteiger partial charge is 0.00810 e. The lowest BCUT2D eigenvalue weighted by molar-refractivity contribution is -0.122. The SMILES string of the molecule is CC(C)CCC[C@@H](C)[C@H]1CC[C@H]2[C@@H]3CC[C@H]4C[C@@H]5S[C@@H](C)CC[C@@H]5C[C@]4(C)[C@H]3CC[C@]12C. The minimum Gasteiger partial charge on any atom is -0.155 e. The first-order valence-corrected chi connectivity index (χ1v) is 15.8. The molecule has 0 N–H and O–H groups in total. The molecule has 0 aromatic rings. The Bertz CT molecular complexity index is 655. The summed E-state index contributed by atoms with van der Waals surface area (Å²) in [4.78, 5) is 0. The van der Waals surface area contributed by atoms with Crippen molar-refractivity contribution in [2.75, 3.05) is 0 Å². The molecular weight excluding hydrogens is 404 g/mol. The molecule has 0 amide bonds. The summed E-state index contributed by atoms with van der Waals surface area (Å²) in [7, 11) is 0. The topological polar surface area (TPSA) is 0 Å². The standard InChI is InChI=1S/C31H54S/c1-20(2)8-7-9-21(3)26-14-15-27-25-13-12-24-18-29-23(11-10-22(4)32-29)19-31(24,6)28(25)16-17-30(26,27)5/h20-29H,7-19H2,1-6H3/t21-,22+,23-,24+,25+,26-,27+,28+,29+,30-,31+/m1/s1. The van der Waals surface area contributed by atoms with Crippen LogP contribution >= 0.6 is 11.8 Å². The molecule has 0 spiro atoms. The monoisotopic (exact) mass is 458 g/mol. The molecule has 5 aliphatic rings. The Labute approximate surface area is 205 Å². The van der Waals surface area contributed by atoms with Crippen molar-refractivity contribution in [1.29, 1.82) is 0 Å². The van der Waals surface area contributed by atoms with Crippen LogP contribution in [0.1, 0.15) is 125 Å². The van der Waals surface area contributed by atoms with E-state index in [4.69, 9.17) is 0 Å². The third-order valence-corrected chi connectivity index (χ3v) is 14.0. The molecule has 1 saturated heterocycles. The third-order valence-electron chi connectivity index (χ3n) is 12.4. The second kappa shape index (κ2) is 9.09. The lowest BCUT2D eigenvalue weighted by Crippen LogP contribution is -2.56. The Balaban J connectivity index is 1.29. The molecule has 4 aliphatic carbocycles. The van der Waals surface area contributed by atoms with Crippen LogP contribution in [0.3, 0.4) is 0 Å². The van der Waals surface area contributed by atoms with E-state index in [-0.39, 0.29) is 0 Å². The van der Waals surface area contributed by atoms with Crippen molar-refractivity contribution in [1.82, 2.24) is 0 Å². The van der Waals surface area contributed by atoms with Crippen LogP contribution in [-0.4, -0.2) is 10.5 Å². The van der Waals surface area contributed by atoms with Gasteiger partial charge < -0.3 is 0 Å². The zero-order chi connectivity index (χ0) is 22.7. The number of hydrogen-bond acceptors (Lipinski definition) is 1. The molecule has 0 nitrogen and oxygen atoms in total. The zero-order valence-corrected chi connectivity index (χ0v) is 23.2. The first-order valence-electron chi connectivity index (χ1n) is 14.9. The first kappa shape index (κ1) is 24.1. The third kappa shape index (κ3) is 4.05. The molecule has 0 aromatic heterocycles. The Morgan fingerprint density at radius 3 is 2.41 bits per heavy atom. The van der Waals surface area contributed by atoms with Gasteiger partial charge in [0.15, 0.2) is 0 Å². The minimum atomic E-state index is 0.662. The molecule has 5 fully saturated rings. The number of thioether (sulfide) groups is 1. The highest BCUT2D eigenvalue weighted by molar-refractivity contribution is 8.00. The van der Waals surface area contributed by atoms with E-state index in [9.17, 15) is 0 Å². The van der Waals surface area contributed by atoms with E-state index in [0.29, 0.717) is 10.8 Å². The van der Waals surface area contributed by atoms with Gasteiger partial charge in [0, 0.05) is 10.5 Å². The fourth-order valence-corrected chi connectivity index (χ4v) is 12.4. The van der Waals surface area contributed by atoms with E-state index in [1.165, 1.54) is 32.1 Å². The molecular formula is C31H54S. The number of hydrogen-bond donors (Lipinski definition) is 0. The highest BCUT2D eigenvalue weighted by Crippen LogP contribution is 2.69. The van der Waals surface area contributed by atoms with Crippen molar-refractivity contribution in [2.24, 2.45) is 58.2 Å². The molecule has 1 heterocycles. The summed E-state index contributed by atoms with van der Waals surface area (Å²) in [6, 6.07) is 0. The Morgan fingerprint density at radius 2 is 1.62 bits per heavy atom. The highest BCUT2D eigenvalue weighted by Gasteiger charge is 2.61. The number of fused-ring (bicyclic) bond motifs is 6. The largest absolute Gasteiger partial charge is 0.155 e. The Morgan fingerprint density at radius 1 is 0.844 bits per heavy atom. The summed E-state index contributed by atoms with van der Waals surface area (Å²) >= 11 is 2.38. The fourth-order valence-electron chi connectivity index (χ4n) is 10.7. The molecule has 0 aromatic carbocycles. The maximum absolute atomic E-state index is 2.80. The van der Waals surface area contributed by atoms with Gasteiger partial charge in [0.1, 0.15) is 0 Å². The van der Waals surface area contributed by atoms with Crippen LogP contribution in [0.15, 0.2) is 0 Å². The molecule has 11 atom stereocenters. The normalized spacial score (nSPS) is 51.5. The molecule has 1 aliphatic heterocycles. The van der Waals surface area contributed by atoms with Gasteiger partial charge in [-0.2, -0.15) is 11.8 Å². The predicted octanol–water partition coefficient (Wildman–Crippen LogP) is 9.62. The molecule has 32 heavy (non-hydrogen) atoms. The van der Waals surface area contributed by atoms with Crippen molar-refractivity contribution in [3.05, 3.63) is 0 Å². The quantitative estimate of drug-likeness (QED) is 0.395. The predicted molar refractivity (Wildman–Crippen MR) is 142 cm³/mol. The average Bonchev–Trinajstić information content (AvgIpc) is 3.09. The van der Waals surface area contributed by atoms with Gasteiger partial charge in [-0.1, -0.05) is 60.8 Å². The molecule has 5 rings (SSSR count). The second-order valence-electron chi connectivity index (χ2n) is 14.4.